The SMILES string of the molecule is CC(C)N1CCN(c2c(F)cc(OCCO)cc2F)CC1. The lowest BCUT2D eigenvalue weighted by atomic mass is 10.2. The second kappa shape index (κ2) is 7.04. The Hall–Kier alpha value is -1.40. The number of aliphatic hydroxyl groups is 1. The molecule has 0 saturated carbocycles. The first-order valence-electron chi connectivity index (χ1n) is 7.24. The Morgan fingerprint density at radius 2 is 1.71 bits per heavy atom. The molecule has 0 bridgehead atoms. The molecule has 21 heavy (non-hydrogen) atoms. The highest BCUT2D eigenvalue weighted by Gasteiger charge is 2.24. The van der Waals surface area contributed by atoms with Gasteiger partial charge < -0.3 is 14.7 Å². The van der Waals surface area contributed by atoms with Crippen molar-refractivity contribution in [1.29, 1.82) is 0 Å². The molecule has 0 unspecified atom stereocenters. The Balaban J connectivity index is 2.10. The number of nitrogens with zero attached hydrogens (tertiary/aromatic N) is 2. The zero-order valence-corrected chi connectivity index (χ0v) is 12.5. The van der Waals surface area contributed by atoms with E-state index in [-0.39, 0.29) is 24.7 Å². The van der Waals surface area contributed by atoms with Gasteiger partial charge in [0.15, 0.2) is 11.6 Å². The Kier molecular flexibility index (Phi) is 5.36. The lowest BCUT2D eigenvalue weighted by Crippen LogP contribution is -2.49. The third-order valence-corrected chi connectivity index (χ3v) is 3.71. The molecule has 4 nitrogen and oxygen atoms in total. The summed E-state index contributed by atoms with van der Waals surface area (Å²) in [5.41, 5.74) is 0.00903. The Bertz CT molecular complexity index is 452. The van der Waals surface area contributed by atoms with Crippen LogP contribution in [0.15, 0.2) is 12.1 Å². The molecule has 0 radical (unpaired) electrons. The minimum Gasteiger partial charge on any atom is -0.491 e. The summed E-state index contributed by atoms with van der Waals surface area (Å²) in [6.45, 7) is 6.84. The maximum absolute atomic E-state index is 14.1. The van der Waals surface area contributed by atoms with Gasteiger partial charge in [0, 0.05) is 44.4 Å². The van der Waals surface area contributed by atoms with Crippen molar-refractivity contribution in [3.63, 3.8) is 0 Å². The molecule has 0 aromatic heterocycles. The number of hydrogen-bond acceptors (Lipinski definition) is 4. The normalized spacial score (nSPS) is 16.6. The van der Waals surface area contributed by atoms with Gasteiger partial charge in [-0.15, -0.1) is 0 Å². The van der Waals surface area contributed by atoms with Crippen LogP contribution in [-0.4, -0.2) is 55.4 Å². The number of aliphatic hydroxyl groups excluding tert-OH is 1. The van der Waals surface area contributed by atoms with Gasteiger partial charge in [0.25, 0.3) is 0 Å². The number of piperazine rings is 1. The zero-order chi connectivity index (χ0) is 15.4. The van der Waals surface area contributed by atoms with E-state index in [2.05, 4.69) is 18.7 Å². The highest BCUT2D eigenvalue weighted by atomic mass is 19.1. The minimum absolute atomic E-state index is 0.00903. The van der Waals surface area contributed by atoms with E-state index in [1.54, 1.807) is 4.90 Å². The van der Waals surface area contributed by atoms with Crippen LogP contribution in [0.25, 0.3) is 0 Å². The van der Waals surface area contributed by atoms with Gasteiger partial charge in [0.05, 0.1) is 6.61 Å². The fourth-order valence-corrected chi connectivity index (χ4v) is 2.55. The van der Waals surface area contributed by atoms with Crippen molar-refractivity contribution in [1.82, 2.24) is 4.90 Å². The average molecular weight is 300 g/mol. The molecule has 1 saturated heterocycles. The summed E-state index contributed by atoms with van der Waals surface area (Å²) in [5.74, 6) is -1.15. The minimum atomic E-state index is -0.624. The van der Waals surface area contributed by atoms with Gasteiger partial charge in [-0.1, -0.05) is 0 Å². The molecule has 1 aromatic rings. The summed E-state index contributed by atoms with van der Waals surface area (Å²) in [6, 6.07) is 2.78. The van der Waals surface area contributed by atoms with E-state index >= 15 is 0 Å². The van der Waals surface area contributed by atoms with E-state index in [4.69, 9.17) is 9.84 Å². The quantitative estimate of drug-likeness (QED) is 0.900. The van der Waals surface area contributed by atoms with Crippen LogP contribution in [0.5, 0.6) is 5.75 Å². The van der Waals surface area contributed by atoms with Crippen LogP contribution in [0.1, 0.15) is 13.8 Å². The molecule has 6 heteroatoms. The summed E-state index contributed by atoms with van der Waals surface area (Å²) >= 11 is 0. The number of rotatable bonds is 5. The molecular formula is C15H22F2N2O2. The molecule has 1 fully saturated rings. The Morgan fingerprint density at radius 1 is 1.14 bits per heavy atom. The van der Waals surface area contributed by atoms with E-state index in [1.807, 2.05) is 0 Å². The lowest BCUT2D eigenvalue weighted by molar-refractivity contribution is 0.200. The topological polar surface area (TPSA) is 35.9 Å². The second-order valence-corrected chi connectivity index (χ2v) is 5.42. The molecule has 118 valence electrons. The number of benzene rings is 1. The van der Waals surface area contributed by atoms with E-state index in [9.17, 15) is 8.78 Å². The van der Waals surface area contributed by atoms with Gasteiger partial charge >= 0.3 is 0 Å². The molecule has 0 amide bonds. The molecular weight excluding hydrogens is 278 g/mol. The first kappa shape index (κ1) is 16.0. The molecule has 2 rings (SSSR count). The fraction of sp³-hybridized carbons (Fsp3) is 0.600. The highest BCUT2D eigenvalue weighted by molar-refractivity contribution is 5.52. The van der Waals surface area contributed by atoms with Crippen molar-refractivity contribution in [2.24, 2.45) is 0 Å². The molecule has 0 atom stereocenters. The first-order chi connectivity index (χ1) is 10.0. The summed E-state index contributed by atoms with van der Waals surface area (Å²) in [7, 11) is 0. The maximum Gasteiger partial charge on any atom is 0.153 e. The third kappa shape index (κ3) is 3.83. The van der Waals surface area contributed by atoms with Gasteiger partial charge in [0.1, 0.15) is 18.0 Å². The molecule has 1 aliphatic heterocycles. The smallest absolute Gasteiger partial charge is 0.153 e. The number of halogens is 2. The van der Waals surface area contributed by atoms with Crippen LogP contribution in [0, 0.1) is 11.6 Å². The molecule has 1 N–H and O–H groups in total. The third-order valence-electron chi connectivity index (χ3n) is 3.71. The summed E-state index contributed by atoms with van der Waals surface area (Å²) in [6.07, 6.45) is 0. The van der Waals surface area contributed by atoms with Crippen LogP contribution in [0.2, 0.25) is 0 Å². The molecule has 1 aliphatic rings. The van der Waals surface area contributed by atoms with Gasteiger partial charge in [0.2, 0.25) is 0 Å². The predicted octanol–water partition coefficient (Wildman–Crippen LogP) is 1.87. The van der Waals surface area contributed by atoms with Crippen molar-refractivity contribution < 1.29 is 18.6 Å². The van der Waals surface area contributed by atoms with Crippen molar-refractivity contribution >= 4 is 5.69 Å². The number of hydrogen-bond donors (Lipinski definition) is 1. The zero-order valence-electron chi connectivity index (χ0n) is 12.5. The first-order valence-corrected chi connectivity index (χ1v) is 7.24. The van der Waals surface area contributed by atoms with Crippen LogP contribution in [0.4, 0.5) is 14.5 Å². The van der Waals surface area contributed by atoms with Crippen molar-refractivity contribution in [3.8, 4) is 5.75 Å². The van der Waals surface area contributed by atoms with Gasteiger partial charge in [-0.3, -0.25) is 4.90 Å². The Morgan fingerprint density at radius 3 is 2.19 bits per heavy atom. The fourth-order valence-electron chi connectivity index (χ4n) is 2.55. The van der Waals surface area contributed by atoms with Gasteiger partial charge in [-0.05, 0) is 13.8 Å². The van der Waals surface area contributed by atoms with E-state index in [1.165, 1.54) is 12.1 Å². The monoisotopic (exact) mass is 300 g/mol. The van der Waals surface area contributed by atoms with Gasteiger partial charge in [-0.2, -0.15) is 0 Å². The van der Waals surface area contributed by atoms with Crippen molar-refractivity contribution in [2.45, 2.75) is 19.9 Å². The molecule has 1 aromatic carbocycles. The standard InChI is InChI=1S/C15H22F2N2O2/c1-11(2)18-3-5-19(6-4-18)15-13(16)9-12(10-14(15)17)21-8-7-20/h9-11,20H,3-8H2,1-2H3. The van der Waals surface area contributed by atoms with Crippen LogP contribution >= 0.6 is 0 Å². The van der Waals surface area contributed by atoms with E-state index in [0.29, 0.717) is 19.1 Å². The van der Waals surface area contributed by atoms with Crippen molar-refractivity contribution in [2.75, 3.05) is 44.3 Å². The highest BCUT2D eigenvalue weighted by Crippen LogP contribution is 2.29. The largest absolute Gasteiger partial charge is 0.491 e. The molecule has 0 spiro atoms. The number of anilines is 1. The summed E-state index contributed by atoms with van der Waals surface area (Å²) < 4.78 is 33.3. The maximum atomic E-state index is 14.1. The van der Waals surface area contributed by atoms with E-state index in [0.717, 1.165) is 13.1 Å². The summed E-state index contributed by atoms with van der Waals surface area (Å²) in [5, 5.41) is 8.67. The van der Waals surface area contributed by atoms with Crippen LogP contribution < -0.4 is 9.64 Å². The van der Waals surface area contributed by atoms with Crippen LogP contribution in [-0.2, 0) is 0 Å². The summed E-state index contributed by atoms with van der Waals surface area (Å²) in [4.78, 5) is 4.02. The Labute approximate surface area is 123 Å². The average Bonchev–Trinajstić information content (AvgIpc) is 2.45. The predicted molar refractivity (Wildman–Crippen MR) is 77.9 cm³/mol. The lowest BCUT2D eigenvalue weighted by Gasteiger charge is -2.38. The van der Waals surface area contributed by atoms with Crippen LogP contribution in [0.3, 0.4) is 0 Å². The van der Waals surface area contributed by atoms with Crippen molar-refractivity contribution in [3.05, 3.63) is 23.8 Å². The number of ether oxygens (including phenoxy) is 1. The van der Waals surface area contributed by atoms with E-state index < -0.39 is 11.6 Å². The second-order valence-electron chi connectivity index (χ2n) is 5.42. The molecule has 1 heterocycles. The van der Waals surface area contributed by atoms with Gasteiger partial charge in [-0.25, -0.2) is 8.78 Å². The molecule has 0 aliphatic carbocycles.